The minimum atomic E-state index is -0.859. The van der Waals surface area contributed by atoms with Crippen molar-refractivity contribution in [2.75, 3.05) is 31.7 Å². The van der Waals surface area contributed by atoms with E-state index in [0.29, 0.717) is 18.2 Å². The Labute approximate surface area is 106 Å². The Kier molecular flexibility index (Phi) is 5.80. The molecule has 0 aromatic heterocycles. The minimum absolute atomic E-state index is 0.0376. The highest BCUT2D eigenvalue weighted by Gasteiger charge is 2.10. The second-order valence-electron chi connectivity index (χ2n) is 3.64. The Morgan fingerprint density at radius 2 is 2.29 bits per heavy atom. The van der Waals surface area contributed by atoms with Crippen LogP contribution in [0, 0.1) is 0 Å². The van der Waals surface area contributed by atoms with Crippen LogP contribution in [0.3, 0.4) is 0 Å². The van der Waals surface area contributed by atoms with Crippen molar-refractivity contribution in [2.45, 2.75) is 6.42 Å². The van der Waals surface area contributed by atoms with Crippen molar-refractivity contribution < 1.29 is 14.6 Å². The van der Waals surface area contributed by atoms with Crippen molar-refractivity contribution in [1.29, 1.82) is 0 Å². The summed E-state index contributed by atoms with van der Waals surface area (Å²) in [6.07, 6.45) is 0.774. The van der Waals surface area contributed by atoms with E-state index < -0.39 is 5.97 Å². The number of carboxylic acids is 1. The molecule has 94 valence electrons. The van der Waals surface area contributed by atoms with Gasteiger partial charge in [0.25, 0.3) is 0 Å². The second kappa shape index (κ2) is 7.14. The molecule has 5 heteroatoms. The van der Waals surface area contributed by atoms with Gasteiger partial charge in [-0.05, 0) is 24.6 Å². The zero-order valence-corrected chi connectivity index (χ0v) is 10.5. The molecule has 0 atom stereocenters. The number of benzene rings is 1. The number of anilines is 1. The van der Waals surface area contributed by atoms with Crippen LogP contribution in [0.15, 0.2) is 24.3 Å². The highest BCUT2D eigenvalue weighted by atomic mass is 35.5. The van der Waals surface area contributed by atoms with E-state index >= 15 is 0 Å². The lowest BCUT2D eigenvalue weighted by Gasteiger charge is -2.22. The molecule has 0 saturated carbocycles. The van der Waals surface area contributed by atoms with Gasteiger partial charge in [0.15, 0.2) is 0 Å². The van der Waals surface area contributed by atoms with Crippen LogP contribution in [0.5, 0.6) is 0 Å². The van der Waals surface area contributed by atoms with Gasteiger partial charge in [-0.2, -0.15) is 0 Å². The maximum Gasteiger partial charge on any atom is 0.323 e. The number of hydrogen-bond acceptors (Lipinski definition) is 3. The third kappa shape index (κ3) is 5.06. The maximum atomic E-state index is 10.8. The van der Waals surface area contributed by atoms with E-state index in [1.807, 2.05) is 12.1 Å². The Hall–Kier alpha value is -1.26. The first kappa shape index (κ1) is 13.8. The fourth-order valence-corrected chi connectivity index (χ4v) is 1.72. The smallest absolute Gasteiger partial charge is 0.323 e. The van der Waals surface area contributed by atoms with Gasteiger partial charge in [-0.25, -0.2) is 0 Å². The minimum Gasteiger partial charge on any atom is -0.480 e. The molecule has 0 radical (unpaired) electrons. The summed E-state index contributed by atoms with van der Waals surface area (Å²) in [5.74, 6) is -0.859. The fourth-order valence-electron chi connectivity index (χ4n) is 1.54. The molecule has 17 heavy (non-hydrogen) atoms. The van der Waals surface area contributed by atoms with Gasteiger partial charge in [-0.15, -0.1) is 0 Å². The van der Waals surface area contributed by atoms with Gasteiger partial charge in [0.05, 0.1) is 0 Å². The third-order valence-electron chi connectivity index (χ3n) is 2.28. The molecule has 0 saturated heterocycles. The number of ether oxygens (including phenoxy) is 1. The second-order valence-corrected chi connectivity index (χ2v) is 4.08. The molecule has 1 aromatic carbocycles. The topological polar surface area (TPSA) is 49.8 Å². The summed E-state index contributed by atoms with van der Waals surface area (Å²) in [4.78, 5) is 12.6. The lowest BCUT2D eigenvalue weighted by molar-refractivity contribution is -0.135. The predicted molar refractivity (Wildman–Crippen MR) is 67.8 cm³/mol. The van der Waals surface area contributed by atoms with E-state index in [-0.39, 0.29) is 6.54 Å². The molecule has 0 aliphatic rings. The van der Waals surface area contributed by atoms with Crippen LogP contribution in [-0.4, -0.2) is 37.9 Å². The van der Waals surface area contributed by atoms with Gasteiger partial charge in [0, 0.05) is 31.0 Å². The molecule has 1 N–H and O–H groups in total. The summed E-state index contributed by atoms with van der Waals surface area (Å²) in [6, 6.07) is 7.18. The van der Waals surface area contributed by atoms with Gasteiger partial charge < -0.3 is 14.7 Å². The number of methoxy groups -OCH3 is 1. The van der Waals surface area contributed by atoms with E-state index in [4.69, 9.17) is 21.4 Å². The van der Waals surface area contributed by atoms with Crippen LogP contribution in [0.2, 0.25) is 5.02 Å². The lowest BCUT2D eigenvalue weighted by Crippen LogP contribution is -2.31. The van der Waals surface area contributed by atoms with Crippen molar-refractivity contribution in [2.24, 2.45) is 0 Å². The molecule has 0 bridgehead atoms. The summed E-state index contributed by atoms with van der Waals surface area (Å²) in [5.41, 5.74) is 0.816. The van der Waals surface area contributed by atoms with Gasteiger partial charge in [-0.3, -0.25) is 4.79 Å². The quantitative estimate of drug-likeness (QED) is 0.762. The van der Waals surface area contributed by atoms with Crippen LogP contribution in [-0.2, 0) is 9.53 Å². The van der Waals surface area contributed by atoms with Crippen molar-refractivity contribution in [3.8, 4) is 0 Å². The molecule has 0 aliphatic carbocycles. The standard InChI is InChI=1S/C12H16ClNO3/c1-17-7-3-6-14(9-12(15)16)11-5-2-4-10(13)8-11/h2,4-5,8H,3,6-7,9H2,1H3,(H,15,16). The van der Waals surface area contributed by atoms with Gasteiger partial charge >= 0.3 is 5.97 Å². The molecule has 1 aromatic rings. The molecular weight excluding hydrogens is 242 g/mol. The van der Waals surface area contributed by atoms with Crippen LogP contribution in [0.25, 0.3) is 0 Å². The Bertz CT molecular complexity index is 371. The molecule has 0 spiro atoms. The van der Waals surface area contributed by atoms with E-state index in [0.717, 1.165) is 12.1 Å². The normalized spacial score (nSPS) is 10.2. The van der Waals surface area contributed by atoms with Crippen molar-refractivity contribution in [3.05, 3.63) is 29.3 Å². The zero-order chi connectivity index (χ0) is 12.7. The largest absolute Gasteiger partial charge is 0.480 e. The average molecular weight is 258 g/mol. The lowest BCUT2D eigenvalue weighted by atomic mass is 10.2. The van der Waals surface area contributed by atoms with Gasteiger partial charge in [-0.1, -0.05) is 17.7 Å². The highest BCUT2D eigenvalue weighted by Crippen LogP contribution is 2.19. The zero-order valence-electron chi connectivity index (χ0n) is 9.73. The number of aliphatic carboxylic acids is 1. The average Bonchev–Trinajstić information content (AvgIpc) is 2.27. The number of rotatable bonds is 7. The first-order valence-corrected chi connectivity index (χ1v) is 5.72. The number of nitrogens with zero attached hydrogens (tertiary/aromatic N) is 1. The van der Waals surface area contributed by atoms with E-state index in [1.54, 1.807) is 24.1 Å². The Morgan fingerprint density at radius 3 is 2.88 bits per heavy atom. The predicted octanol–water partition coefficient (Wildman–Crippen LogP) is 2.27. The van der Waals surface area contributed by atoms with E-state index in [1.165, 1.54) is 0 Å². The monoisotopic (exact) mass is 257 g/mol. The first-order chi connectivity index (χ1) is 8.13. The number of carboxylic acid groups (broad SMARTS) is 1. The van der Waals surface area contributed by atoms with Gasteiger partial charge in [0.1, 0.15) is 6.54 Å². The molecule has 4 nitrogen and oxygen atoms in total. The third-order valence-corrected chi connectivity index (χ3v) is 2.51. The Morgan fingerprint density at radius 1 is 1.53 bits per heavy atom. The molecular formula is C12H16ClNO3. The van der Waals surface area contributed by atoms with Gasteiger partial charge in [0.2, 0.25) is 0 Å². The molecule has 0 unspecified atom stereocenters. The molecule has 0 heterocycles. The maximum absolute atomic E-state index is 10.8. The summed E-state index contributed by atoms with van der Waals surface area (Å²) >= 11 is 5.89. The van der Waals surface area contributed by atoms with Crippen molar-refractivity contribution in [1.82, 2.24) is 0 Å². The summed E-state index contributed by atoms with van der Waals surface area (Å²) in [6.45, 7) is 1.20. The van der Waals surface area contributed by atoms with Crippen LogP contribution >= 0.6 is 11.6 Å². The number of carbonyl (C=O) groups is 1. The molecule has 0 fully saturated rings. The summed E-state index contributed by atoms with van der Waals surface area (Å²) < 4.78 is 4.96. The first-order valence-electron chi connectivity index (χ1n) is 5.34. The molecule has 0 amide bonds. The number of hydrogen-bond donors (Lipinski definition) is 1. The Balaban J connectivity index is 2.70. The molecule has 0 aliphatic heterocycles. The number of halogens is 1. The van der Waals surface area contributed by atoms with Crippen LogP contribution in [0.4, 0.5) is 5.69 Å². The van der Waals surface area contributed by atoms with Crippen molar-refractivity contribution >= 4 is 23.3 Å². The highest BCUT2D eigenvalue weighted by molar-refractivity contribution is 6.30. The summed E-state index contributed by atoms with van der Waals surface area (Å²) in [7, 11) is 1.63. The fraction of sp³-hybridized carbons (Fsp3) is 0.417. The van der Waals surface area contributed by atoms with Crippen LogP contribution in [0.1, 0.15) is 6.42 Å². The van der Waals surface area contributed by atoms with E-state index in [9.17, 15) is 4.79 Å². The van der Waals surface area contributed by atoms with Crippen LogP contribution < -0.4 is 4.90 Å². The summed E-state index contributed by atoms with van der Waals surface area (Å²) in [5, 5.41) is 9.47. The van der Waals surface area contributed by atoms with Crippen molar-refractivity contribution in [3.63, 3.8) is 0 Å². The van der Waals surface area contributed by atoms with E-state index in [2.05, 4.69) is 0 Å². The molecule has 1 rings (SSSR count). The SMILES string of the molecule is COCCCN(CC(=O)O)c1cccc(Cl)c1.